The Kier molecular flexibility index (Phi) is 4.08. The van der Waals surface area contributed by atoms with Gasteiger partial charge in [0, 0.05) is 5.54 Å². The summed E-state index contributed by atoms with van der Waals surface area (Å²) < 4.78 is 5.31. The van der Waals surface area contributed by atoms with Crippen LogP contribution in [-0.2, 0) is 4.79 Å². The smallest absolute Gasteiger partial charge is 0.252 e. The minimum Gasteiger partial charge on any atom is -0.465 e. The second-order valence-electron chi connectivity index (χ2n) is 5.64. The second kappa shape index (κ2) is 5.78. The Hall–Kier alpha value is -2.29. The lowest BCUT2D eigenvalue weighted by atomic mass is 10.0. The van der Waals surface area contributed by atoms with E-state index in [4.69, 9.17) is 4.42 Å². The van der Waals surface area contributed by atoms with Crippen molar-refractivity contribution in [3.8, 4) is 0 Å². The Labute approximate surface area is 119 Å². The molecule has 3 nitrogen and oxygen atoms in total. The molecular weight excluding hydrogens is 250 g/mol. The van der Waals surface area contributed by atoms with Gasteiger partial charge in [0.05, 0.1) is 11.8 Å². The van der Waals surface area contributed by atoms with Crippen molar-refractivity contribution in [2.45, 2.75) is 26.3 Å². The van der Waals surface area contributed by atoms with E-state index in [1.54, 1.807) is 18.4 Å². The van der Waals surface area contributed by atoms with Crippen LogP contribution in [0.5, 0.6) is 0 Å². The highest BCUT2D eigenvalue weighted by atomic mass is 16.3. The number of hydrogen-bond donors (Lipinski definition) is 1. The first-order valence-corrected chi connectivity index (χ1v) is 6.59. The predicted molar refractivity (Wildman–Crippen MR) is 80.9 cm³/mol. The molecule has 3 heteroatoms. The summed E-state index contributed by atoms with van der Waals surface area (Å²) >= 11 is 0. The molecule has 0 aliphatic carbocycles. The summed E-state index contributed by atoms with van der Waals surface area (Å²) in [6.07, 6.45) is 3.35. The van der Waals surface area contributed by atoms with E-state index in [0.29, 0.717) is 11.3 Å². The lowest BCUT2D eigenvalue weighted by Gasteiger charge is -2.21. The van der Waals surface area contributed by atoms with E-state index >= 15 is 0 Å². The average Bonchev–Trinajstić information content (AvgIpc) is 2.87. The summed E-state index contributed by atoms with van der Waals surface area (Å²) in [6, 6.07) is 13.2. The molecule has 0 bridgehead atoms. The molecule has 0 radical (unpaired) electrons. The van der Waals surface area contributed by atoms with Crippen molar-refractivity contribution in [3.05, 3.63) is 60.1 Å². The number of amides is 1. The lowest BCUT2D eigenvalue weighted by Crippen LogP contribution is -2.40. The van der Waals surface area contributed by atoms with E-state index in [1.165, 1.54) is 0 Å². The monoisotopic (exact) mass is 269 g/mol. The first-order chi connectivity index (χ1) is 9.46. The van der Waals surface area contributed by atoms with Crippen LogP contribution in [0, 0.1) is 0 Å². The van der Waals surface area contributed by atoms with E-state index in [1.807, 2.05) is 57.2 Å². The summed E-state index contributed by atoms with van der Waals surface area (Å²) in [5, 5.41) is 2.98. The van der Waals surface area contributed by atoms with Crippen LogP contribution in [0.4, 0.5) is 0 Å². The van der Waals surface area contributed by atoms with E-state index < -0.39 is 0 Å². The van der Waals surface area contributed by atoms with Gasteiger partial charge in [0.15, 0.2) is 0 Å². The molecule has 0 aliphatic rings. The highest BCUT2D eigenvalue weighted by Crippen LogP contribution is 2.19. The summed E-state index contributed by atoms with van der Waals surface area (Å²) in [6.45, 7) is 5.88. The van der Waals surface area contributed by atoms with E-state index in [-0.39, 0.29) is 11.4 Å². The Morgan fingerprint density at radius 2 is 1.80 bits per heavy atom. The third-order valence-electron chi connectivity index (χ3n) is 2.65. The van der Waals surface area contributed by atoms with Gasteiger partial charge >= 0.3 is 0 Å². The van der Waals surface area contributed by atoms with Gasteiger partial charge in [-0.25, -0.2) is 0 Å². The van der Waals surface area contributed by atoms with E-state index in [9.17, 15) is 4.79 Å². The zero-order valence-corrected chi connectivity index (χ0v) is 12.0. The molecule has 1 N–H and O–H groups in total. The van der Waals surface area contributed by atoms with Gasteiger partial charge in [0.25, 0.3) is 5.91 Å². The summed E-state index contributed by atoms with van der Waals surface area (Å²) in [5.74, 6) is 0.549. The molecule has 0 unspecified atom stereocenters. The minimum atomic E-state index is -0.284. The SMILES string of the molecule is CC(C)(C)NC(=O)/C(=C/c1ccco1)c1ccccc1. The maximum atomic E-state index is 12.5. The van der Waals surface area contributed by atoms with Gasteiger partial charge in [-0.05, 0) is 44.5 Å². The fourth-order valence-electron chi connectivity index (χ4n) is 1.82. The Morgan fingerprint density at radius 1 is 1.10 bits per heavy atom. The van der Waals surface area contributed by atoms with E-state index in [0.717, 1.165) is 5.56 Å². The molecule has 0 fully saturated rings. The minimum absolute atomic E-state index is 0.111. The first kappa shape index (κ1) is 14.1. The van der Waals surface area contributed by atoms with Crippen LogP contribution in [0.3, 0.4) is 0 Å². The van der Waals surface area contributed by atoms with Crippen molar-refractivity contribution < 1.29 is 9.21 Å². The molecule has 1 amide bonds. The molecule has 2 rings (SSSR count). The van der Waals surface area contributed by atoms with Gasteiger partial charge in [0.1, 0.15) is 5.76 Å². The fourth-order valence-corrected chi connectivity index (χ4v) is 1.82. The summed E-state index contributed by atoms with van der Waals surface area (Å²) in [5.41, 5.74) is 1.18. The quantitative estimate of drug-likeness (QED) is 0.863. The Morgan fingerprint density at radius 3 is 2.35 bits per heavy atom. The van der Waals surface area contributed by atoms with Crippen LogP contribution in [-0.4, -0.2) is 11.4 Å². The topological polar surface area (TPSA) is 42.2 Å². The highest BCUT2D eigenvalue weighted by Gasteiger charge is 2.18. The normalized spacial score (nSPS) is 12.2. The van der Waals surface area contributed by atoms with Gasteiger partial charge in [0.2, 0.25) is 0 Å². The number of carbonyl (C=O) groups is 1. The largest absolute Gasteiger partial charge is 0.465 e. The maximum absolute atomic E-state index is 12.5. The molecule has 104 valence electrons. The Balaban J connectivity index is 2.38. The van der Waals surface area contributed by atoms with Crippen molar-refractivity contribution >= 4 is 17.6 Å². The number of carbonyl (C=O) groups excluding carboxylic acids is 1. The molecule has 0 atom stereocenters. The lowest BCUT2D eigenvalue weighted by molar-refractivity contribution is -0.116. The van der Waals surface area contributed by atoms with Crippen LogP contribution in [0.15, 0.2) is 53.1 Å². The number of benzene rings is 1. The average molecular weight is 269 g/mol. The summed E-state index contributed by atoms with van der Waals surface area (Å²) in [7, 11) is 0. The van der Waals surface area contributed by atoms with Crippen molar-refractivity contribution in [1.29, 1.82) is 0 Å². The van der Waals surface area contributed by atoms with Crippen molar-refractivity contribution in [1.82, 2.24) is 5.32 Å². The molecule has 1 aromatic heterocycles. The molecule has 0 aliphatic heterocycles. The standard InChI is InChI=1S/C17H19NO2/c1-17(2,3)18-16(19)15(12-14-10-7-11-20-14)13-8-5-4-6-9-13/h4-12H,1-3H3,(H,18,19)/b15-12+. The molecule has 0 saturated carbocycles. The molecule has 2 aromatic rings. The number of hydrogen-bond acceptors (Lipinski definition) is 2. The molecule has 0 spiro atoms. The molecule has 1 heterocycles. The second-order valence-corrected chi connectivity index (χ2v) is 5.64. The zero-order chi connectivity index (χ0) is 14.6. The zero-order valence-electron chi connectivity index (χ0n) is 12.0. The maximum Gasteiger partial charge on any atom is 0.252 e. The van der Waals surface area contributed by atoms with Crippen LogP contribution in [0.2, 0.25) is 0 Å². The summed E-state index contributed by atoms with van der Waals surface area (Å²) in [4.78, 5) is 12.5. The molecule has 20 heavy (non-hydrogen) atoms. The van der Waals surface area contributed by atoms with Crippen LogP contribution in [0.25, 0.3) is 11.6 Å². The van der Waals surface area contributed by atoms with Crippen LogP contribution < -0.4 is 5.32 Å². The number of nitrogens with one attached hydrogen (secondary N) is 1. The number of rotatable bonds is 3. The van der Waals surface area contributed by atoms with Crippen molar-refractivity contribution in [2.75, 3.05) is 0 Å². The van der Waals surface area contributed by atoms with E-state index in [2.05, 4.69) is 5.32 Å². The fraction of sp³-hybridized carbons (Fsp3) is 0.235. The Bertz CT molecular complexity index is 590. The van der Waals surface area contributed by atoms with Gasteiger partial charge in [-0.2, -0.15) is 0 Å². The van der Waals surface area contributed by atoms with Crippen molar-refractivity contribution in [2.24, 2.45) is 0 Å². The number of furan rings is 1. The molecule has 0 saturated heterocycles. The third kappa shape index (κ3) is 3.85. The molecule has 1 aromatic carbocycles. The third-order valence-corrected chi connectivity index (χ3v) is 2.65. The van der Waals surface area contributed by atoms with Crippen molar-refractivity contribution in [3.63, 3.8) is 0 Å². The van der Waals surface area contributed by atoms with Gasteiger partial charge in [-0.1, -0.05) is 30.3 Å². The van der Waals surface area contributed by atoms with Gasteiger partial charge < -0.3 is 9.73 Å². The van der Waals surface area contributed by atoms with Gasteiger partial charge in [-0.15, -0.1) is 0 Å². The van der Waals surface area contributed by atoms with Crippen LogP contribution in [0.1, 0.15) is 32.1 Å². The van der Waals surface area contributed by atoms with Gasteiger partial charge in [-0.3, -0.25) is 4.79 Å². The first-order valence-electron chi connectivity index (χ1n) is 6.59. The predicted octanol–water partition coefficient (Wildman–Crippen LogP) is 3.73. The highest BCUT2D eigenvalue weighted by molar-refractivity contribution is 6.24. The van der Waals surface area contributed by atoms with Crippen LogP contribution >= 0.6 is 0 Å². The molecular formula is C17H19NO2.